The number of pyridine rings is 1. The number of halogens is 1. The molecule has 0 unspecified atom stereocenters. The van der Waals surface area contributed by atoms with Gasteiger partial charge in [-0.1, -0.05) is 15.9 Å². The molecule has 1 aliphatic heterocycles. The van der Waals surface area contributed by atoms with Crippen LogP contribution in [0.3, 0.4) is 0 Å². The second-order valence-electron chi connectivity index (χ2n) is 3.11. The molecule has 1 aromatic rings. The molecule has 0 bridgehead atoms. The van der Waals surface area contributed by atoms with E-state index in [1.54, 1.807) is 10.6 Å². The van der Waals surface area contributed by atoms with Crippen molar-refractivity contribution in [1.29, 1.82) is 0 Å². The van der Waals surface area contributed by atoms with Gasteiger partial charge in [0.2, 0.25) is 0 Å². The van der Waals surface area contributed by atoms with Crippen LogP contribution in [0.4, 0.5) is 0 Å². The van der Waals surface area contributed by atoms with Crippen molar-refractivity contribution in [3.8, 4) is 0 Å². The standard InChI is InChI=1S/C9H10BrNO2/c10-7-1-3-11(9(12)5-7)8-2-4-13-6-8/h1,3,5,8H,2,4,6H2/t8-/m0/s1. The van der Waals surface area contributed by atoms with E-state index in [4.69, 9.17) is 4.74 Å². The molecular formula is C9H10BrNO2. The average molecular weight is 244 g/mol. The van der Waals surface area contributed by atoms with Crippen molar-refractivity contribution < 1.29 is 4.74 Å². The maximum atomic E-state index is 11.5. The van der Waals surface area contributed by atoms with Crippen molar-refractivity contribution in [2.24, 2.45) is 0 Å². The lowest BCUT2D eigenvalue weighted by atomic mass is 10.2. The fourth-order valence-corrected chi connectivity index (χ4v) is 1.82. The highest BCUT2D eigenvalue weighted by Crippen LogP contribution is 2.17. The lowest BCUT2D eigenvalue weighted by Crippen LogP contribution is -2.23. The summed E-state index contributed by atoms with van der Waals surface area (Å²) >= 11 is 3.26. The summed E-state index contributed by atoms with van der Waals surface area (Å²) in [5, 5.41) is 0. The minimum atomic E-state index is 0.0323. The van der Waals surface area contributed by atoms with Gasteiger partial charge in [-0.2, -0.15) is 0 Å². The molecule has 1 aromatic heterocycles. The van der Waals surface area contributed by atoms with E-state index in [1.165, 1.54) is 0 Å². The van der Waals surface area contributed by atoms with Gasteiger partial charge in [0, 0.05) is 23.3 Å². The average Bonchev–Trinajstić information content (AvgIpc) is 2.56. The second kappa shape index (κ2) is 3.64. The van der Waals surface area contributed by atoms with Gasteiger partial charge in [-0.25, -0.2) is 0 Å². The lowest BCUT2D eigenvalue weighted by Gasteiger charge is -2.10. The third kappa shape index (κ3) is 1.84. The van der Waals surface area contributed by atoms with E-state index >= 15 is 0 Å². The van der Waals surface area contributed by atoms with Crippen molar-refractivity contribution in [2.75, 3.05) is 13.2 Å². The van der Waals surface area contributed by atoms with Gasteiger partial charge in [0.05, 0.1) is 12.6 Å². The van der Waals surface area contributed by atoms with E-state index in [1.807, 2.05) is 12.3 Å². The highest BCUT2D eigenvalue weighted by Gasteiger charge is 2.17. The summed E-state index contributed by atoms with van der Waals surface area (Å²) in [7, 11) is 0. The van der Waals surface area contributed by atoms with Crippen LogP contribution in [0, 0.1) is 0 Å². The molecule has 70 valence electrons. The molecule has 0 spiro atoms. The first-order chi connectivity index (χ1) is 6.27. The normalized spacial score (nSPS) is 22.1. The largest absolute Gasteiger partial charge is 0.379 e. The van der Waals surface area contributed by atoms with Crippen LogP contribution in [-0.2, 0) is 4.74 Å². The van der Waals surface area contributed by atoms with E-state index in [2.05, 4.69) is 15.9 Å². The molecule has 0 aromatic carbocycles. The molecule has 2 heterocycles. The van der Waals surface area contributed by atoms with Crippen LogP contribution in [0.15, 0.2) is 27.6 Å². The summed E-state index contributed by atoms with van der Waals surface area (Å²) < 4.78 is 7.79. The van der Waals surface area contributed by atoms with Crippen LogP contribution in [-0.4, -0.2) is 17.8 Å². The van der Waals surface area contributed by atoms with Gasteiger partial charge in [0.15, 0.2) is 0 Å². The Bertz CT molecular complexity index is 355. The summed E-state index contributed by atoms with van der Waals surface area (Å²) in [5.74, 6) is 0. The Morgan fingerprint density at radius 2 is 2.46 bits per heavy atom. The maximum absolute atomic E-state index is 11.5. The van der Waals surface area contributed by atoms with Gasteiger partial charge in [-0.3, -0.25) is 4.79 Å². The zero-order valence-corrected chi connectivity index (χ0v) is 8.66. The zero-order valence-electron chi connectivity index (χ0n) is 7.07. The van der Waals surface area contributed by atoms with Crippen LogP contribution < -0.4 is 5.56 Å². The van der Waals surface area contributed by atoms with Crippen molar-refractivity contribution in [1.82, 2.24) is 4.57 Å². The first-order valence-corrected chi connectivity index (χ1v) is 5.02. The van der Waals surface area contributed by atoms with E-state index in [-0.39, 0.29) is 11.6 Å². The third-order valence-corrected chi connectivity index (χ3v) is 2.70. The molecule has 0 amide bonds. The van der Waals surface area contributed by atoms with E-state index in [0.29, 0.717) is 6.61 Å². The number of nitrogens with zero attached hydrogens (tertiary/aromatic N) is 1. The molecule has 0 N–H and O–H groups in total. The SMILES string of the molecule is O=c1cc(Br)ccn1[C@H]1CCOC1. The summed E-state index contributed by atoms with van der Waals surface area (Å²) in [5.41, 5.74) is 0.0323. The van der Waals surface area contributed by atoms with E-state index in [0.717, 1.165) is 17.5 Å². The Kier molecular flexibility index (Phi) is 2.51. The molecule has 1 aliphatic rings. The fraction of sp³-hybridized carbons (Fsp3) is 0.444. The number of aromatic nitrogens is 1. The molecule has 13 heavy (non-hydrogen) atoms. The van der Waals surface area contributed by atoms with Crippen LogP contribution in [0.25, 0.3) is 0 Å². The van der Waals surface area contributed by atoms with Gasteiger partial charge in [-0.05, 0) is 12.5 Å². The van der Waals surface area contributed by atoms with Gasteiger partial charge >= 0.3 is 0 Å². The Hall–Kier alpha value is -0.610. The fourth-order valence-electron chi connectivity index (χ4n) is 1.51. The molecule has 1 fully saturated rings. The highest BCUT2D eigenvalue weighted by atomic mass is 79.9. The smallest absolute Gasteiger partial charge is 0.251 e. The Morgan fingerprint density at radius 1 is 1.62 bits per heavy atom. The van der Waals surface area contributed by atoms with Crippen LogP contribution >= 0.6 is 15.9 Å². The molecule has 3 nitrogen and oxygen atoms in total. The second-order valence-corrected chi connectivity index (χ2v) is 4.02. The van der Waals surface area contributed by atoms with Crippen molar-refractivity contribution >= 4 is 15.9 Å². The number of ether oxygens (including phenoxy) is 1. The summed E-state index contributed by atoms with van der Waals surface area (Å²) in [4.78, 5) is 11.5. The number of hydrogen-bond donors (Lipinski definition) is 0. The number of rotatable bonds is 1. The first-order valence-electron chi connectivity index (χ1n) is 4.23. The predicted molar refractivity (Wildman–Crippen MR) is 52.9 cm³/mol. The van der Waals surface area contributed by atoms with Gasteiger partial charge in [-0.15, -0.1) is 0 Å². The summed E-state index contributed by atoms with van der Waals surface area (Å²) in [6.45, 7) is 1.41. The first kappa shape index (κ1) is 8.97. The molecule has 0 saturated carbocycles. The Labute approximate surface area is 84.5 Å². The molecule has 0 aliphatic carbocycles. The molecule has 2 rings (SSSR count). The minimum absolute atomic E-state index is 0.0323. The van der Waals surface area contributed by atoms with E-state index in [9.17, 15) is 4.79 Å². The quantitative estimate of drug-likeness (QED) is 0.750. The minimum Gasteiger partial charge on any atom is -0.379 e. The lowest BCUT2D eigenvalue weighted by molar-refractivity contribution is 0.186. The molecule has 1 saturated heterocycles. The summed E-state index contributed by atoms with van der Waals surface area (Å²) in [6, 6.07) is 3.68. The monoisotopic (exact) mass is 243 g/mol. The Morgan fingerprint density at radius 3 is 3.08 bits per heavy atom. The summed E-state index contributed by atoms with van der Waals surface area (Å²) in [6.07, 6.45) is 2.74. The van der Waals surface area contributed by atoms with Crippen LogP contribution in [0.5, 0.6) is 0 Å². The molecule has 4 heteroatoms. The molecule has 1 atom stereocenters. The van der Waals surface area contributed by atoms with E-state index < -0.39 is 0 Å². The molecule has 0 radical (unpaired) electrons. The van der Waals surface area contributed by atoms with Crippen LogP contribution in [0.1, 0.15) is 12.5 Å². The predicted octanol–water partition coefficient (Wildman–Crippen LogP) is 1.57. The molecular weight excluding hydrogens is 234 g/mol. The Balaban J connectivity index is 2.34. The highest BCUT2D eigenvalue weighted by molar-refractivity contribution is 9.10. The van der Waals surface area contributed by atoms with Crippen molar-refractivity contribution in [3.63, 3.8) is 0 Å². The third-order valence-electron chi connectivity index (χ3n) is 2.21. The van der Waals surface area contributed by atoms with Gasteiger partial charge < -0.3 is 9.30 Å². The topological polar surface area (TPSA) is 31.2 Å². The van der Waals surface area contributed by atoms with Crippen molar-refractivity contribution in [2.45, 2.75) is 12.5 Å². The van der Waals surface area contributed by atoms with Crippen molar-refractivity contribution in [3.05, 3.63) is 33.2 Å². The van der Waals surface area contributed by atoms with Gasteiger partial charge in [0.25, 0.3) is 5.56 Å². The maximum Gasteiger partial charge on any atom is 0.251 e. The zero-order chi connectivity index (χ0) is 9.26. The van der Waals surface area contributed by atoms with Crippen LogP contribution in [0.2, 0.25) is 0 Å². The number of hydrogen-bond acceptors (Lipinski definition) is 2. The van der Waals surface area contributed by atoms with Gasteiger partial charge in [0.1, 0.15) is 0 Å².